The zero-order valence-electron chi connectivity index (χ0n) is 10.1. The lowest BCUT2D eigenvalue weighted by molar-refractivity contribution is -0.384. The molecule has 0 aliphatic heterocycles. The summed E-state index contributed by atoms with van der Waals surface area (Å²) in [4.78, 5) is 22.3. The van der Waals surface area contributed by atoms with Gasteiger partial charge in [0, 0.05) is 25.7 Å². The smallest absolute Gasteiger partial charge is 0.305 e. The number of anilines is 1. The summed E-state index contributed by atoms with van der Waals surface area (Å²) in [7, 11) is 3.11. The second kappa shape index (κ2) is 5.85. The number of rotatable bonds is 6. The van der Waals surface area contributed by atoms with E-state index in [9.17, 15) is 14.9 Å². The van der Waals surface area contributed by atoms with Gasteiger partial charge in [0.15, 0.2) is 0 Å². The van der Waals surface area contributed by atoms with Crippen molar-refractivity contribution in [1.82, 2.24) is 0 Å². The molecule has 0 atom stereocenters. The molecule has 7 nitrogen and oxygen atoms in total. The Hall–Kier alpha value is -2.31. The number of aliphatic carboxylic acids is 1. The Bertz CT molecular complexity index is 461. The average molecular weight is 254 g/mol. The Labute approximate surface area is 104 Å². The summed E-state index contributed by atoms with van der Waals surface area (Å²) in [5, 5.41) is 19.3. The first-order valence-corrected chi connectivity index (χ1v) is 5.21. The van der Waals surface area contributed by atoms with Gasteiger partial charge in [0.2, 0.25) is 0 Å². The number of nitro benzene ring substituents is 1. The number of methoxy groups -OCH3 is 1. The molecule has 0 fully saturated rings. The van der Waals surface area contributed by atoms with Gasteiger partial charge in [-0.15, -0.1) is 0 Å². The van der Waals surface area contributed by atoms with Crippen LogP contribution in [0.4, 0.5) is 11.4 Å². The molecular formula is C11H14N2O5. The third kappa shape index (κ3) is 3.34. The number of benzene rings is 1. The molecule has 98 valence electrons. The average Bonchev–Trinajstić information content (AvgIpc) is 2.34. The lowest BCUT2D eigenvalue weighted by Crippen LogP contribution is -2.21. The summed E-state index contributed by atoms with van der Waals surface area (Å²) in [6.07, 6.45) is -0.0532. The number of nitro groups is 1. The van der Waals surface area contributed by atoms with Crippen molar-refractivity contribution in [3.8, 4) is 5.75 Å². The monoisotopic (exact) mass is 254 g/mol. The second-order valence-electron chi connectivity index (χ2n) is 3.68. The molecule has 0 aromatic heterocycles. The Morgan fingerprint density at radius 1 is 1.56 bits per heavy atom. The standard InChI is InChI=1S/C11H14N2O5/c1-12(6-5-11(14)15)9-7-8(13(16)17)3-4-10(9)18-2/h3-4,7H,5-6H2,1-2H3,(H,14,15). The van der Waals surface area contributed by atoms with Crippen LogP contribution in [-0.2, 0) is 4.79 Å². The first-order valence-electron chi connectivity index (χ1n) is 5.21. The van der Waals surface area contributed by atoms with E-state index in [-0.39, 0.29) is 18.7 Å². The maximum atomic E-state index is 10.7. The van der Waals surface area contributed by atoms with Gasteiger partial charge in [-0.2, -0.15) is 0 Å². The van der Waals surface area contributed by atoms with Crippen molar-refractivity contribution in [1.29, 1.82) is 0 Å². The zero-order valence-corrected chi connectivity index (χ0v) is 10.1. The van der Waals surface area contributed by atoms with Gasteiger partial charge in [-0.3, -0.25) is 14.9 Å². The highest BCUT2D eigenvalue weighted by atomic mass is 16.6. The number of ether oxygens (including phenoxy) is 1. The highest BCUT2D eigenvalue weighted by molar-refractivity contribution is 5.69. The van der Waals surface area contributed by atoms with Gasteiger partial charge in [0.1, 0.15) is 5.75 Å². The number of carboxylic acid groups (broad SMARTS) is 1. The summed E-state index contributed by atoms with van der Waals surface area (Å²) >= 11 is 0. The minimum atomic E-state index is -0.925. The van der Waals surface area contributed by atoms with Crippen LogP contribution in [0, 0.1) is 10.1 Å². The molecule has 0 saturated carbocycles. The van der Waals surface area contributed by atoms with Crippen molar-refractivity contribution < 1.29 is 19.6 Å². The first-order chi connectivity index (χ1) is 8.45. The summed E-state index contributed by atoms with van der Waals surface area (Å²) in [6, 6.07) is 4.19. The topological polar surface area (TPSA) is 92.9 Å². The van der Waals surface area contributed by atoms with Crippen LogP contribution in [0.2, 0.25) is 0 Å². The Morgan fingerprint density at radius 3 is 2.72 bits per heavy atom. The number of hydrogen-bond donors (Lipinski definition) is 1. The first kappa shape index (κ1) is 13.8. The van der Waals surface area contributed by atoms with Crippen molar-refractivity contribution in [2.45, 2.75) is 6.42 Å². The SMILES string of the molecule is COc1ccc([N+](=O)[O-])cc1N(C)CCC(=O)O. The molecule has 1 N–H and O–H groups in total. The van der Waals surface area contributed by atoms with E-state index in [0.29, 0.717) is 11.4 Å². The van der Waals surface area contributed by atoms with Gasteiger partial charge in [-0.25, -0.2) is 0 Å². The van der Waals surface area contributed by atoms with Crippen LogP contribution in [0.15, 0.2) is 18.2 Å². The Balaban J connectivity index is 2.99. The number of hydrogen-bond acceptors (Lipinski definition) is 5. The van der Waals surface area contributed by atoms with E-state index >= 15 is 0 Å². The summed E-state index contributed by atoms with van der Waals surface area (Å²) in [5.41, 5.74) is 0.431. The van der Waals surface area contributed by atoms with Crippen LogP contribution in [0.3, 0.4) is 0 Å². The normalized spacial score (nSPS) is 9.89. The Kier molecular flexibility index (Phi) is 4.47. The molecule has 0 spiro atoms. The second-order valence-corrected chi connectivity index (χ2v) is 3.68. The van der Waals surface area contributed by atoms with Crippen LogP contribution in [0.5, 0.6) is 5.75 Å². The molecule has 0 unspecified atom stereocenters. The van der Waals surface area contributed by atoms with Gasteiger partial charge in [0.05, 0.1) is 24.1 Å². The van der Waals surface area contributed by atoms with Crippen LogP contribution < -0.4 is 9.64 Å². The minimum absolute atomic E-state index is 0.0532. The molecule has 1 rings (SSSR count). The third-order valence-electron chi connectivity index (χ3n) is 2.45. The molecule has 18 heavy (non-hydrogen) atoms. The zero-order chi connectivity index (χ0) is 13.7. The van der Waals surface area contributed by atoms with E-state index in [1.54, 1.807) is 11.9 Å². The summed E-state index contributed by atoms with van der Waals surface area (Å²) in [6.45, 7) is 0.243. The fourth-order valence-electron chi connectivity index (χ4n) is 1.47. The molecule has 0 bridgehead atoms. The van der Waals surface area contributed by atoms with Crippen LogP contribution in [-0.4, -0.2) is 36.7 Å². The quantitative estimate of drug-likeness (QED) is 0.611. The van der Waals surface area contributed by atoms with Crippen molar-refractivity contribution in [2.75, 3.05) is 25.6 Å². The number of non-ortho nitro benzene ring substituents is 1. The van der Waals surface area contributed by atoms with E-state index in [1.807, 2.05) is 0 Å². The lowest BCUT2D eigenvalue weighted by Gasteiger charge is -2.20. The lowest BCUT2D eigenvalue weighted by atomic mass is 10.2. The maximum Gasteiger partial charge on any atom is 0.305 e. The Morgan fingerprint density at radius 2 is 2.22 bits per heavy atom. The van der Waals surface area contributed by atoms with Crippen LogP contribution in [0.1, 0.15) is 6.42 Å². The van der Waals surface area contributed by atoms with Gasteiger partial charge >= 0.3 is 5.97 Å². The van der Waals surface area contributed by atoms with Gasteiger partial charge in [-0.1, -0.05) is 0 Å². The highest BCUT2D eigenvalue weighted by Gasteiger charge is 2.15. The molecule has 0 radical (unpaired) electrons. The van der Waals surface area contributed by atoms with E-state index in [4.69, 9.17) is 9.84 Å². The molecule has 7 heteroatoms. The highest BCUT2D eigenvalue weighted by Crippen LogP contribution is 2.31. The van der Waals surface area contributed by atoms with Crippen molar-refractivity contribution in [3.05, 3.63) is 28.3 Å². The van der Waals surface area contributed by atoms with Gasteiger partial charge in [-0.05, 0) is 6.07 Å². The maximum absolute atomic E-state index is 10.7. The molecule has 1 aromatic carbocycles. The molecule has 0 aliphatic carbocycles. The van der Waals surface area contributed by atoms with Gasteiger partial charge in [0.25, 0.3) is 5.69 Å². The predicted molar refractivity (Wildman–Crippen MR) is 65.2 cm³/mol. The molecule has 0 amide bonds. The largest absolute Gasteiger partial charge is 0.495 e. The van der Waals surface area contributed by atoms with E-state index in [2.05, 4.69) is 0 Å². The van der Waals surface area contributed by atoms with Crippen LogP contribution in [0.25, 0.3) is 0 Å². The van der Waals surface area contributed by atoms with Crippen molar-refractivity contribution >= 4 is 17.3 Å². The molecule has 1 aromatic rings. The van der Waals surface area contributed by atoms with Gasteiger partial charge < -0.3 is 14.7 Å². The number of carboxylic acids is 1. The summed E-state index contributed by atoms with van der Waals surface area (Å²) < 4.78 is 5.10. The molecule has 0 saturated heterocycles. The minimum Gasteiger partial charge on any atom is -0.495 e. The molecule has 0 heterocycles. The van der Waals surface area contributed by atoms with Crippen molar-refractivity contribution in [3.63, 3.8) is 0 Å². The number of carbonyl (C=O) groups is 1. The predicted octanol–water partition coefficient (Wildman–Crippen LogP) is 1.51. The van der Waals surface area contributed by atoms with Crippen LogP contribution >= 0.6 is 0 Å². The van der Waals surface area contributed by atoms with Crippen molar-refractivity contribution in [2.24, 2.45) is 0 Å². The third-order valence-corrected chi connectivity index (χ3v) is 2.45. The molecular weight excluding hydrogens is 240 g/mol. The van der Waals surface area contributed by atoms with E-state index in [0.717, 1.165) is 0 Å². The van der Waals surface area contributed by atoms with E-state index in [1.165, 1.54) is 25.3 Å². The fraction of sp³-hybridized carbons (Fsp3) is 0.364. The number of nitrogens with zero attached hydrogens (tertiary/aromatic N) is 2. The molecule has 0 aliphatic rings. The van der Waals surface area contributed by atoms with E-state index < -0.39 is 10.9 Å². The summed E-state index contributed by atoms with van der Waals surface area (Å²) in [5.74, 6) is -0.459. The fourth-order valence-corrected chi connectivity index (χ4v) is 1.47.